The first kappa shape index (κ1) is 17.5. The van der Waals surface area contributed by atoms with Crippen molar-refractivity contribution in [2.45, 2.75) is 5.92 Å². The van der Waals surface area contributed by atoms with Crippen LogP contribution >= 0.6 is 0 Å². The number of hydrogen-bond acceptors (Lipinski definition) is 3. The van der Waals surface area contributed by atoms with Crippen LogP contribution in [0.3, 0.4) is 0 Å². The van der Waals surface area contributed by atoms with Crippen LogP contribution in [-0.2, 0) is 4.79 Å². The summed E-state index contributed by atoms with van der Waals surface area (Å²) in [6, 6.07) is 24.6. The maximum Gasteiger partial charge on any atom is 0.238 e. The first-order chi connectivity index (χ1) is 13.6. The molecule has 0 aliphatic carbocycles. The summed E-state index contributed by atoms with van der Waals surface area (Å²) in [6.45, 7) is 0. The Labute approximate surface area is 162 Å². The van der Waals surface area contributed by atoms with E-state index in [2.05, 4.69) is 10.3 Å². The number of guanidine groups is 1. The number of fused-ring (bicyclic) bond motifs is 1. The molecule has 6 nitrogen and oxygen atoms in total. The Bertz CT molecular complexity index is 1080. The molecule has 0 bridgehead atoms. The normalized spacial score (nSPS) is 15.6. The van der Waals surface area contributed by atoms with E-state index < -0.39 is 5.92 Å². The van der Waals surface area contributed by atoms with E-state index in [1.807, 2.05) is 66.7 Å². The largest absolute Gasteiger partial charge is 0.370 e. The second-order valence-electron chi connectivity index (χ2n) is 6.43. The molecule has 1 unspecified atom stereocenters. The van der Waals surface area contributed by atoms with Crippen LogP contribution in [0.15, 0.2) is 88.8 Å². The number of nitrogens with two attached hydrogens (primary N) is 2. The predicted octanol–water partition coefficient (Wildman–Crippen LogP) is 3.45. The highest BCUT2D eigenvalue weighted by Crippen LogP contribution is 2.36. The molecule has 1 heterocycles. The van der Waals surface area contributed by atoms with Gasteiger partial charge in [-0.15, -0.1) is 0 Å². The van der Waals surface area contributed by atoms with Gasteiger partial charge >= 0.3 is 0 Å². The molecule has 3 aromatic carbocycles. The lowest BCUT2D eigenvalue weighted by atomic mass is 9.90. The van der Waals surface area contributed by atoms with Crippen molar-refractivity contribution < 1.29 is 4.79 Å². The number of carbonyl (C=O) groups excluding carboxylic acids is 1. The van der Waals surface area contributed by atoms with Gasteiger partial charge in [0.15, 0.2) is 5.96 Å². The third-order valence-electron chi connectivity index (χ3n) is 4.47. The molecule has 5 N–H and O–H groups in total. The summed E-state index contributed by atoms with van der Waals surface area (Å²) in [5, 5.41) is 2.95. The van der Waals surface area contributed by atoms with Crippen molar-refractivity contribution in [1.29, 1.82) is 0 Å². The molecule has 0 fully saturated rings. The summed E-state index contributed by atoms with van der Waals surface area (Å²) < 4.78 is 0. The SMILES string of the molecule is NC(N)=Nc1cccc(N=C(c2ccccc2)C2C(=O)Nc3ccccc32)c1. The number of anilines is 1. The fraction of sp³-hybridized carbons (Fsp3) is 0.0455. The number of benzene rings is 3. The van der Waals surface area contributed by atoms with E-state index in [1.54, 1.807) is 12.1 Å². The standard InChI is InChI=1S/C22H19N5O/c23-22(24)26-16-10-6-9-15(13-16)25-20(14-7-2-1-3-8-14)19-17-11-4-5-12-18(17)27-21(19)28/h1-13,19H,(H,27,28)(H4,23,24,26). The van der Waals surface area contributed by atoms with E-state index in [9.17, 15) is 4.79 Å². The molecule has 1 atom stereocenters. The Hall–Kier alpha value is -3.93. The van der Waals surface area contributed by atoms with Crippen LogP contribution in [0.2, 0.25) is 0 Å². The number of nitrogens with zero attached hydrogens (tertiary/aromatic N) is 2. The highest BCUT2D eigenvalue weighted by molar-refractivity contribution is 6.24. The first-order valence-electron chi connectivity index (χ1n) is 8.85. The summed E-state index contributed by atoms with van der Waals surface area (Å²) in [7, 11) is 0. The Morgan fingerprint density at radius 1 is 0.821 bits per heavy atom. The number of carbonyl (C=O) groups is 1. The summed E-state index contributed by atoms with van der Waals surface area (Å²) >= 11 is 0. The van der Waals surface area contributed by atoms with Crippen molar-refractivity contribution in [3.05, 3.63) is 90.0 Å². The highest BCUT2D eigenvalue weighted by Gasteiger charge is 2.35. The van der Waals surface area contributed by atoms with Crippen LogP contribution in [0.4, 0.5) is 17.1 Å². The van der Waals surface area contributed by atoms with Gasteiger partial charge in [-0.05, 0) is 35.4 Å². The van der Waals surface area contributed by atoms with Crippen LogP contribution in [0, 0.1) is 0 Å². The van der Waals surface area contributed by atoms with Crippen LogP contribution in [0.1, 0.15) is 17.0 Å². The molecule has 3 aromatic rings. The molecule has 138 valence electrons. The molecule has 0 saturated carbocycles. The van der Waals surface area contributed by atoms with Crippen molar-refractivity contribution in [1.82, 2.24) is 0 Å². The molecule has 1 aliphatic rings. The zero-order valence-electron chi connectivity index (χ0n) is 15.0. The third kappa shape index (κ3) is 3.48. The Morgan fingerprint density at radius 2 is 1.50 bits per heavy atom. The van der Waals surface area contributed by atoms with Crippen LogP contribution < -0.4 is 16.8 Å². The average Bonchev–Trinajstić information content (AvgIpc) is 3.02. The minimum absolute atomic E-state index is 0.0199. The second-order valence-corrected chi connectivity index (χ2v) is 6.43. The van der Waals surface area contributed by atoms with Crippen molar-refractivity contribution >= 4 is 34.6 Å². The fourth-order valence-corrected chi connectivity index (χ4v) is 3.31. The van der Waals surface area contributed by atoms with Crippen LogP contribution in [0.5, 0.6) is 0 Å². The van der Waals surface area contributed by atoms with Gasteiger partial charge in [0, 0.05) is 5.69 Å². The third-order valence-corrected chi connectivity index (χ3v) is 4.47. The fourth-order valence-electron chi connectivity index (χ4n) is 3.31. The van der Waals surface area contributed by atoms with Crippen molar-refractivity contribution in [2.75, 3.05) is 5.32 Å². The summed E-state index contributed by atoms with van der Waals surface area (Å²) in [4.78, 5) is 21.7. The van der Waals surface area contributed by atoms with E-state index in [4.69, 9.17) is 16.5 Å². The topological polar surface area (TPSA) is 106 Å². The van der Waals surface area contributed by atoms with Crippen molar-refractivity contribution in [3.63, 3.8) is 0 Å². The van der Waals surface area contributed by atoms with Crippen molar-refractivity contribution in [2.24, 2.45) is 21.5 Å². The Morgan fingerprint density at radius 3 is 2.25 bits per heavy atom. The van der Waals surface area contributed by atoms with Gasteiger partial charge < -0.3 is 16.8 Å². The van der Waals surface area contributed by atoms with Gasteiger partial charge in [0.05, 0.1) is 17.1 Å². The first-order valence-corrected chi connectivity index (χ1v) is 8.85. The van der Waals surface area contributed by atoms with Crippen LogP contribution in [-0.4, -0.2) is 17.6 Å². The Balaban J connectivity index is 1.86. The number of rotatable bonds is 4. The van der Waals surface area contributed by atoms with Gasteiger partial charge in [-0.1, -0.05) is 54.6 Å². The smallest absolute Gasteiger partial charge is 0.238 e. The molecule has 0 spiro atoms. The molecular weight excluding hydrogens is 350 g/mol. The van der Waals surface area contributed by atoms with Gasteiger partial charge in [0.25, 0.3) is 0 Å². The number of aliphatic imine (C=N–C) groups is 2. The number of hydrogen-bond donors (Lipinski definition) is 3. The molecule has 6 heteroatoms. The number of para-hydroxylation sites is 1. The van der Waals surface area contributed by atoms with Gasteiger partial charge in [0.1, 0.15) is 5.92 Å². The maximum atomic E-state index is 12.8. The van der Waals surface area contributed by atoms with E-state index in [0.717, 1.165) is 16.8 Å². The zero-order valence-corrected chi connectivity index (χ0v) is 15.0. The highest BCUT2D eigenvalue weighted by atomic mass is 16.2. The number of amides is 1. The molecule has 0 saturated heterocycles. The van der Waals surface area contributed by atoms with E-state index in [0.29, 0.717) is 17.1 Å². The molecule has 28 heavy (non-hydrogen) atoms. The summed E-state index contributed by atoms with van der Waals surface area (Å²) in [6.07, 6.45) is 0. The van der Waals surface area contributed by atoms with Crippen LogP contribution in [0.25, 0.3) is 0 Å². The Kier molecular flexibility index (Phi) is 4.60. The quantitative estimate of drug-likeness (QED) is 0.484. The molecule has 1 aliphatic heterocycles. The second kappa shape index (κ2) is 7.36. The minimum Gasteiger partial charge on any atom is -0.370 e. The summed E-state index contributed by atoms with van der Waals surface area (Å²) in [5.41, 5.74) is 15.5. The van der Waals surface area contributed by atoms with Gasteiger partial charge in [-0.2, -0.15) is 0 Å². The predicted molar refractivity (Wildman–Crippen MR) is 112 cm³/mol. The lowest BCUT2D eigenvalue weighted by molar-refractivity contribution is -0.115. The number of nitrogens with one attached hydrogen (secondary N) is 1. The molecule has 0 radical (unpaired) electrons. The molecule has 1 amide bonds. The van der Waals surface area contributed by atoms with E-state index >= 15 is 0 Å². The van der Waals surface area contributed by atoms with E-state index in [-0.39, 0.29) is 11.9 Å². The monoisotopic (exact) mass is 369 g/mol. The minimum atomic E-state index is -0.495. The zero-order chi connectivity index (χ0) is 19.5. The molecular formula is C22H19N5O. The molecule has 0 aromatic heterocycles. The lowest BCUT2D eigenvalue weighted by Gasteiger charge is -2.14. The molecule has 4 rings (SSSR count). The van der Waals surface area contributed by atoms with E-state index in [1.165, 1.54) is 0 Å². The van der Waals surface area contributed by atoms with Gasteiger partial charge in [0.2, 0.25) is 5.91 Å². The van der Waals surface area contributed by atoms with Gasteiger partial charge in [-0.25, -0.2) is 4.99 Å². The average molecular weight is 369 g/mol. The maximum absolute atomic E-state index is 12.8. The lowest BCUT2D eigenvalue weighted by Crippen LogP contribution is -2.22. The van der Waals surface area contributed by atoms with Gasteiger partial charge in [-0.3, -0.25) is 9.79 Å². The summed E-state index contributed by atoms with van der Waals surface area (Å²) in [5.74, 6) is -0.608. The van der Waals surface area contributed by atoms with Crippen molar-refractivity contribution in [3.8, 4) is 0 Å².